The van der Waals surface area contributed by atoms with Crippen molar-refractivity contribution in [2.45, 2.75) is 12.8 Å². The summed E-state index contributed by atoms with van der Waals surface area (Å²) in [6, 6.07) is 5.59. The van der Waals surface area contributed by atoms with E-state index in [0.29, 0.717) is 18.3 Å². The van der Waals surface area contributed by atoms with Crippen LogP contribution in [0, 0.1) is 5.92 Å². The Labute approximate surface area is 115 Å². The first-order valence-corrected chi connectivity index (χ1v) is 5.72. The number of hydrogen-bond donors (Lipinski definition) is 1. The van der Waals surface area contributed by atoms with Crippen LogP contribution in [0.25, 0.3) is 0 Å². The highest BCUT2D eigenvalue weighted by Crippen LogP contribution is 2.26. The molecule has 19 heavy (non-hydrogen) atoms. The Bertz CT molecular complexity index is 395. The average molecular weight is 298 g/mol. The lowest BCUT2D eigenvalue weighted by atomic mass is 10.1. The summed E-state index contributed by atoms with van der Waals surface area (Å²) in [7, 11) is 0. The Morgan fingerprint density at radius 2 is 2.00 bits per heavy atom. The number of ether oxygens (including phenoxy) is 2. The van der Waals surface area contributed by atoms with Gasteiger partial charge in [-0.2, -0.15) is 0 Å². The SMILES string of the molecule is Cl.FC(F)(F)Oc1cccc(OC[C@H]2CCNC2)c1. The van der Waals surface area contributed by atoms with Gasteiger partial charge in [0.15, 0.2) is 0 Å². The molecule has 1 aromatic rings. The first-order chi connectivity index (χ1) is 8.53. The Morgan fingerprint density at radius 3 is 2.63 bits per heavy atom. The third kappa shape index (κ3) is 5.57. The van der Waals surface area contributed by atoms with Gasteiger partial charge in [0.25, 0.3) is 0 Å². The quantitative estimate of drug-likeness (QED) is 0.927. The van der Waals surface area contributed by atoms with E-state index in [2.05, 4.69) is 10.1 Å². The van der Waals surface area contributed by atoms with E-state index >= 15 is 0 Å². The molecule has 1 atom stereocenters. The van der Waals surface area contributed by atoms with Crippen molar-refractivity contribution >= 4 is 12.4 Å². The van der Waals surface area contributed by atoms with Gasteiger partial charge in [-0.3, -0.25) is 0 Å². The molecule has 0 radical (unpaired) electrons. The molecule has 1 aliphatic rings. The molecule has 1 heterocycles. The summed E-state index contributed by atoms with van der Waals surface area (Å²) in [5.74, 6) is 0.547. The minimum absolute atomic E-state index is 0. The van der Waals surface area contributed by atoms with Crippen molar-refractivity contribution in [1.29, 1.82) is 0 Å². The third-order valence-corrected chi connectivity index (χ3v) is 2.69. The highest BCUT2D eigenvalue weighted by atomic mass is 35.5. The van der Waals surface area contributed by atoms with E-state index in [9.17, 15) is 13.2 Å². The van der Waals surface area contributed by atoms with Gasteiger partial charge < -0.3 is 14.8 Å². The summed E-state index contributed by atoms with van der Waals surface area (Å²) >= 11 is 0. The molecular weight excluding hydrogens is 283 g/mol. The van der Waals surface area contributed by atoms with Crippen LogP contribution in [0.15, 0.2) is 24.3 Å². The molecular formula is C12H15ClF3NO2. The summed E-state index contributed by atoms with van der Waals surface area (Å²) in [5, 5.41) is 3.20. The Kier molecular flexibility index (Phi) is 5.75. The lowest BCUT2D eigenvalue weighted by molar-refractivity contribution is -0.274. The van der Waals surface area contributed by atoms with Crippen LogP contribution in [0.3, 0.4) is 0 Å². The lowest BCUT2D eigenvalue weighted by Crippen LogP contribution is -2.17. The molecule has 0 aliphatic carbocycles. The second kappa shape index (κ2) is 6.86. The van der Waals surface area contributed by atoms with Gasteiger partial charge in [0.2, 0.25) is 0 Å². The molecule has 1 N–H and O–H groups in total. The topological polar surface area (TPSA) is 30.5 Å². The van der Waals surface area contributed by atoms with E-state index in [1.807, 2.05) is 0 Å². The summed E-state index contributed by atoms with van der Waals surface area (Å²) in [5.41, 5.74) is 0. The van der Waals surface area contributed by atoms with E-state index in [-0.39, 0.29) is 18.2 Å². The molecule has 0 aromatic heterocycles. The number of nitrogens with one attached hydrogen (secondary N) is 1. The van der Waals surface area contributed by atoms with Crippen molar-refractivity contribution in [2.75, 3.05) is 19.7 Å². The molecule has 0 amide bonds. The lowest BCUT2D eigenvalue weighted by Gasteiger charge is -2.13. The maximum Gasteiger partial charge on any atom is 0.573 e. The fraction of sp³-hybridized carbons (Fsp3) is 0.500. The third-order valence-electron chi connectivity index (χ3n) is 2.69. The van der Waals surface area contributed by atoms with Crippen LogP contribution in [0.4, 0.5) is 13.2 Å². The first kappa shape index (κ1) is 15.9. The Hall–Kier alpha value is -1.14. The molecule has 1 aliphatic heterocycles. The van der Waals surface area contributed by atoms with Crippen molar-refractivity contribution in [2.24, 2.45) is 5.92 Å². The Morgan fingerprint density at radius 1 is 1.26 bits per heavy atom. The van der Waals surface area contributed by atoms with Gasteiger partial charge in [-0.15, -0.1) is 25.6 Å². The molecule has 2 rings (SSSR count). The molecule has 0 bridgehead atoms. The van der Waals surface area contributed by atoms with Gasteiger partial charge in [-0.1, -0.05) is 6.07 Å². The average Bonchev–Trinajstić information content (AvgIpc) is 2.77. The summed E-state index contributed by atoms with van der Waals surface area (Å²) in [6.45, 7) is 2.35. The number of benzene rings is 1. The molecule has 1 aromatic carbocycles. The Balaban J connectivity index is 0.00000180. The number of rotatable bonds is 4. The molecule has 1 fully saturated rings. The number of halogens is 4. The van der Waals surface area contributed by atoms with Crippen LogP contribution in [-0.2, 0) is 0 Å². The minimum atomic E-state index is -4.67. The van der Waals surface area contributed by atoms with Crippen molar-refractivity contribution in [3.05, 3.63) is 24.3 Å². The van der Waals surface area contributed by atoms with Crippen LogP contribution in [-0.4, -0.2) is 26.1 Å². The molecule has 7 heteroatoms. The molecule has 108 valence electrons. The van der Waals surface area contributed by atoms with E-state index in [1.165, 1.54) is 18.2 Å². The summed E-state index contributed by atoms with van der Waals surface area (Å²) < 4.78 is 45.4. The van der Waals surface area contributed by atoms with Crippen LogP contribution >= 0.6 is 12.4 Å². The highest BCUT2D eigenvalue weighted by molar-refractivity contribution is 5.85. The highest BCUT2D eigenvalue weighted by Gasteiger charge is 2.31. The molecule has 0 saturated carbocycles. The predicted octanol–water partition coefficient (Wildman–Crippen LogP) is 3.00. The van der Waals surface area contributed by atoms with Crippen LogP contribution in [0.5, 0.6) is 11.5 Å². The van der Waals surface area contributed by atoms with Gasteiger partial charge in [-0.25, -0.2) is 0 Å². The van der Waals surface area contributed by atoms with Crippen molar-refractivity contribution < 1.29 is 22.6 Å². The first-order valence-electron chi connectivity index (χ1n) is 5.72. The van der Waals surface area contributed by atoms with Crippen molar-refractivity contribution in [1.82, 2.24) is 5.32 Å². The smallest absolute Gasteiger partial charge is 0.493 e. The zero-order valence-corrected chi connectivity index (χ0v) is 10.9. The number of hydrogen-bond acceptors (Lipinski definition) is 3. The fourth-order valence-corrected chi connectivity index (χ4v) is 1.83. The van der Waals surface area contributed by atoms with E-state index in [0.717, 1.165) is 19.5 Å². The van der Waals surface area contributed by atoms with E-state index < -0.39 is 6.36 Å². The standard InChI is InChI=1S/C12H14F3NO2.ClH/c13-12(14,15)18-11-3-1-2-10(6-11)17-8-9-4-5-16-7-9;/h1-3,6,9,16H,4-5,7-8H2;1H/t9-;/m0./s1. The van der Waals surface area contributed by atoms with Crippen LogP contribution in [0.1, 0.15) is 6.42 Å². The maximum absolute atomic E-state index is 12.0. The zero-order chi connectivity index (χ0) is 13.0. The molecule has 1 saturated heterocycles. The fourth-order valence-electron chi connectivity index (χ4n) is 1.83. The maximum atomic E-state index is 12.0. The normalized spacial score (nSPS) is 18.8. The van der Waals surface area contributed by atoms with Gasteiger partial charge in [0.05, 0.1) is 6.61 Å². The summed E-state index contributed by atoms with van der Waals surface area (Å²) in [4.78, 5) is 0. The second-order valence-corrected chi connectivity index (χ2v) is 4.19. The van der Waals surface area contributed by atoms with Crippen molar-refractivity contribution in [3.63, 3.8) is 0 Å². The van der Waals surface area contributed by atoms with Gasteiger partial charge >= 0.3 is 6.36 Å². The van der Waals surface area contributed by atoms with Crippen molar-refractivity contribution in [3.8, 4) is 11.5 Å². The predicted molar refractivity (Wildman–Crippen MR) is 66.8 cm³/mol. The molecule has 3 nitrogen and oxygen atoms in total. The van der Waals surface area contributed by atoms with Gasteiger partial charge in [0, 0.05) is 18.5 Å². The zero-order valence-electron chi connectivity index (χ0n) is 10.1. The van der Waals surface area contributed by atoms with Gasteiger partial charge in [-0.05, 0) is 25.1 Å². The molecule has 0 unspecified atom stereocenters. The number of alkyl halides is 3. The van der Waals surface area contributed by atoms with E-state index in [1.54, 1.807) is 6.07 Å². The van der Waals surface area contributed by atoms with Gasteiger partial charge in [0.1, 0.15) is 11.5 Å². The minimum Gasteiger partial charge on any atom is -0.493 e. The molecule has 0 spiro atoms. The largest absolute Gasteiger partial charge is 0.573 e. The van der Waals surface area contributed by atoms with Crippen LogP contribution < -0.4 is 14.8 Å². The van der Waals surface area contributed by atoms with E-state index in [4.69, 9.17) is 4.74 Å². The monoisotopic (exact) mass is 297 g/mol. The second-order valence-electron chi connectivity index (χ2n) is 4.19. The summed E-state index contributed by atoms with van der Waals surface area (Å²) in [6.07, 6.45) is -3.65. The van der Waals surface area contributed by atoms with Crippen LogP contribution in [0.2, 0.25) is 0 Å².